The molecule has 1 aromatic carbocycles. The summed E-state index contributed by atoms with van der Waals surface area (Å²) in [5, 5.41) is 32.0. The molecule has 4 aliphatic rings. The number of benzene rings is 1. The molecule has 1 aromatic rings. The Hall–Kier alpha value is -7.15. The fraction of sp³-hybridized carbons (Fsp3) is 0.635. The molecule has 5 rings (SSSR count). The first kappa shape index (κ1) is 70.6. The second-order valence-corrected chi connectivity index (χ2v) is 23.8. The summed E-state index contributed by atoms with van der Waals surface area (Å²) in [6, 6.07) is 3.74. The molecule has 0 aliphatic carbocycles. The van der Waals surface area contributed by atoms with Crippen LogP contribution in [0.2, 0.25) is 0 Å². The predicted octanol–water partition coefficient (Wildman–Crippen LogP) is 5.70. The van der Waals surface area contributed by atoms with Crippen LogP contribution in [0, 0.1) is 23.7 Å². The topological polar surface area (TPSA) is 327 Å². The van der Waals surface area contributed by atoms with E-state index >= 15 is 0 Å². The normalized spacial score (nSPS) is 24.9. The number of unbranched alkanes of at least 4 members (excludes halogenated alkanes) is 2. The Morgan fingerprint density at radius 3 is 2.20 bits per heavy atom. The van der Waals surface area contributed by atoms with Crippen LogP contribution in [0.1, 0.15) is 132 Å². The lowest BCUT2D eigenvalue weighted by Gasteiger charge is -2.38. The number of nitrogens with zero attached hydrogens (tertiary/aromatic N) is 3. The highest BCUT2D eigenvalue weighted by Gasteiger charge is 2.45. The molecule has 24 heteroatoms. The first-order valence-corrected chi connectivity index (χ1v) is 30.6. The molecule has 0 radical (unpaired) electrons. The molecule has 0 aromatic heterocycles. The van der Waals surface area contributed by atoms with Crippen LogP contribution in [-0.4, -0.2) is 179 Å². The number of piperazine rings is 1. The second kappa shape index (κ2) is 34.4. The number of methoxy groups -OCH3 is 1. The van der Waals surface area contributed by atoms with Crippen molar-refractivity contribution in [3.05, 3.63) is 77.9 Å². The number of epoxide rings is 1. The van der Waals surface area contributed by atoms with Crippen molar-refractivity contribution in [2.75, 3.05) is 51.7 Å². The van der Waals surface area contributed by atoms with Crippen molar-refractivity contribution >= 4 is 59.4 Å². The molecule has 0 unspecified atom stereocenters. The highest BCUT2D eigenvalue weighted by molar-refractivity contribution is 6.12. The minimum Gasteiger partial charge on any atom is -0.457 e. The summed E-state index contributed by atoms with van der Waals surface area (Å²) in [4.78, 5) is 120. The standard InChI is InChI=1S/C63H94N8O16/c1-10-48(73)43(7)57-49(85-57)36-40(4)16-14-17-41(5)56-42(6)20-25-50(63(8,83-9)29-28-46(72)37-54(77)87-56)86-62(82)70-34-32-69(33-35-70)61(81)84-38-44-21-23-45(24-22-44)66-58(78)47(18-15-30-65-60(64)80)67-59(79)55(39(2)3)68-51(74)19-12-11-13-31-71-52(75)26-27-53(71)76/h14,16-17,20-27,39-40,42-43,46-50,55-57,72-73H,10-13,15,18-19,28-38H2,1-9H3,(H,66,78)(H,67,79)(H,68,74)(H3,64,65,80)/b16-14+,25-20-,41-17+/t40-,42+,43-,46-,47+,48+,49-,50+,55+,56-,57-,63-/m1/s1. The van der Waals surface area contributed by atoms with E-state index in [4.69, 9.17) is 29.4 Å². The van der Waals surface area contributed by atoms with Gasteiger partial charge in [-0.05, 0) is 106 Å². The summed E-state index contributed by atoms with van der Waals surface area (Å²) in [5.41, 5.74) is 5.88. The number of allylic oxidation sites excluding steroid dienone is 3. The van der Waals surface area contributed by atoms with Crippen molar-refractivity contribution in [3.63, 3.8) is 0 Å². The number of nitrogens with one attached hydrogen (secondary N) is 4. The van der Waals surface area contributed by atoms with E-state index < -0.39 is 78.1 Å². The monoisotopic (exact) mass is 1220 g/mol. The number of aliphatic hydroxyl groups is 2. The molecule has 4 aliphatic heterocycles. The van der Waals surface area contributed by atoms with Gasteiger partial charge in [0, 0.05) is 82.5 Å². The number of nitrogens with two attached hydrogens (primary N) is 1. The zero-order valence-electron chi connectivity index (χ0n) is 52.0. The number of imide groups is 1. The summed E-state index contributed by atoms with van der Waals surface area (Å²) in [6.45, 7) is 16.0. The van der Waals surface area contributed by atoms with Crippen LogP contribution in [0.15, 0.2) is 72.4 Å². The van der Waals surface area contributed by atoms with E-state index in [1.807, 2.05) is 45.9 Å². The summed E-state index contributed by atoms with van der Waals surface area (Å²) in [5.74, 6) is -3.28. The van der Waals surface area contributed by atoms with Gasteiger partial charge in [0.15, 0.2) is 6.10 Å². The van der Waals surface area contributed by atoms with E-state index in [2.05, 4.69) is 34.3 Å². The van der Waals surface area contributed by atoms with Crippen LogP contribution < -0.4 is 27.0 Å². The molecule has 0 saturated carbocycles. The van der Waals surface area contributed by atoms with Gasteiger partial charge in [0.1, 0.15) is 30.4 Å². The molecular weight excluding hydrogens is 1120 g/mol. The number of rotatable bonds is 28. The molecule has 24 nitrogen and oxygen atoms in total. The number of esters is 1. The smallest absolute Gasteiger partial charge is 0.410 e. The average molecular weight is 1220 g/mol. The van der Waals surface area contributed by atoms with Gasteiger partial charge in [0.05, 0.1) is 30.8 Å². The van der Waals surface area contributed by atoms with Gasteiger partial charge in [-0.3, -0.25) is 33.7 Å². The molecule has 0 spiro atoms. The molecule has 8 N–H and O–H groups in total. The van der Waals surface area contributed by atoms with Crippen molar-refractivity contribution in [1.82, 2.24) is 30.7 Å². The minimum atomic E-state index is -1.10. The number of cyclic esters (lactones) is 1. The van der Waals surface area contributed by atoms with E-state index in [-0.39, 0.29) is 138 Å². The van der Waals surface area contributed by atoms with Gasteiger partial charge in [0.2, 0.25) is 17.7 Å². The van der Waals surface area contributed by atoms with E-state index in [9.17, 15) is 53.4 Å². The third kappa shape index (κ3) is 22.5. The fourth-order valence-corrected chi connectivity index (χ4v) is 10.6. The van der Waals surface area contributed by atoms with E-state index in [1.165, 1.54) is 29.1 Å². The number of amides is 9. The molecule has 0 bridgehead atoms. The van der Waals surface area contributed by atoms with Gasteiger partial charge in [0.25, 0.3) is 11.8 Å². The molecule has 2 saturated heterocycles. The highest BCUT2D eigenvalue weighted by Crippen LogP contribution is 2.37. The van der Waals surface area contributed by atoms with Crippen LogP contribution in [0.4, 0.5) is 20.1 Å². The Morgan fingerprint density at radius 2 is 1.56 bits per heavy atom. The van der Waals surface area contributed by atoms with Gasteiger partial charge < -0.3 is 70.7 Å². The maximum Gasteiger partial charge on any atom is 0.410 e. The van der Waals surface area contributed by atoms with Crippen LogP contribution >= 0.6 is 0 Å². The van der Waals surface area contributed by atoms with E-state index in [1.54, 1.807) is 51.1 Å². The van der Waals surface area contributed by atoms with Gasteiger partial charge >= 0.3 is 24.2 Å². The number of hydrogen-bond donors (Lipinski definition) is 7. The van der Waals surface area contributed by atoms with Gasteiger partial charge in [-0.2, -0.15) is 0 Å². The lowest BCUT2D eigenvalue weighted by Crippen LogP contribution is -2.54. The number of hydrogen-bond acceptors (Lipinski definition) is 16. The summed E-state index contributed by atoms with van der Waals surface area (Å²) in [7, 11) is 1.50. The third-order valence-electron chi connectivity index (χ3n) is 16.4. The lowest BCUT2D eigenvalue weighted by atomic mass is 9.88. The Labute approximate surface area is 511 Å². The molecular formula is C63H94N8O16. The van der Waals surface area contributed by atoms with Crippen molar-refractivity contribution < 1.29 is 77.0 Å². The quantitative estimate of drug-likeness (QED) is 0.0101. The van der Waals surface area contributed by atoms with Gasteiger partial charge in [-0.15, -0.1) is 0 Å². The Balaban J connectivity index is 1.11. The van der Waals surface area contributed by atoms with Crippen molar-refractivity contribution in [2.24, 2.45) is 29.4 Å². The average Bonchev–Trinajstić information content (AvgIpc) is 2.97. The van der Waals surface area contributed by atoms with E-state index in [0.717, 1.165) is 16.9 Å². The number of carbonyl (C=O) groups excluding carboxylic acids is 9. The van der Waals surface area contributed by atoms with Crippen LogP contribution in [0.3, 0.4) is 0 Å². The van der Waals surface area contributed by atoms with Crippen molar-refractivity contribution in [2.45, 2.75) is 187 Å². The van der Waals surface area contributed by atoms with Crippen molar-refractivity contribution in [3.8, 4) is 0 Å². The number of ether oxygens (including phenoxy) is 5. The van der Waals surface area contributed by atoms with Crippen LogP contribution in [-0.2, 0) is 59.1 Å². The minimum absolute atomic E-state index is 0.0445. The molecule has 2 fully saturated rings. The van der Waals surface area contributed by atoms with Crippen LogP contribution in [0.5, 0.6) is 0 Å². The SMILES string of the molecule is CC[C@H](O)[C@@H](C)[C@H]1O[C@@H]1C[C@H](C)/C=C/C=C(\C)[C@H]1OC(=O)C[C@H](O)CC[C@@](C)(OC)[C@@H](OC(=O)N2CCN(C(=O)OCc3ccc(NC(=O)[C@H](CCCNC(N)=O)NC(=O)[C@@H](NC(=O)CCCCCN4C(=O)C=CC4=O)C(C)C)cc3)CC2)/C=C\[C@@H]1C. The number of anilines is 1. The predicted molar refractivity (Wildman–Crippen MR) is 323 cm³/mol. The summed E-state index contributed by atoms with van der Waals surface area (Å²) < 4.78 is 29.7. The zero-order chi connectivity index (χ0) is 64.0. The Bertz CT molecular complexity index is 2620. The maximum absolute atomic E-state index is 13.9. The van der Waals surface area contributed by atoms with Gasteiger partial charge in [-0.25, -0.2) is 14.4 Å². The third-order valence-corrected chi connectivity index (χ3v) is 16.4. The van der Waals surface area contributed by atoms with E-state index in [0.29, 0.717) is 36.9 Å². The maximum atomic E-state index is 13.9. The lowest BCUT2D eigenvalue weighted by molar-refractivity contribution is -0.151. The molecule has 4 heterocycles. The summed E-state index contributed by atoms with van der Waals surface area (Å²) >= 11 is 0. The Kier molecular flexibility index (Phi) is 27.9. The number of carbonyl (C=O) groups is 9. The Morgan fingerprint density at radius 1 is 0.897 bits per heavy atom. The number of aliphatic hydroxyl groups excluding tert-OH is 2. The second-order valence-electron chi connectivity index (χ2n) is 23.8. The molecule has 87 heavy (non-hydrogen) atoms. The fourth-order valence-electron chi connectivity index (χ4n) is 10.6. The number of urea groups is 1. The highest BCUT2D eigenvalue weighted by atomic mass is 16.6. The number of primary amides is 1. The molecule has 12 atom stereocenters. The first-order valence-electron chi connectivity index (χ1n) is 30.6. The summed E-state index contributed by atoms with van der Waals surface area (Å²) in [6.07, 6.45) is 11.4. The molecule has 482 valence electrons. The first-order chi connectivity index (χ1) is 41.3. The van der Waals surface area contributed by atoms with Crippen LogP contribution in [0.25, 0.3) is 0 Å². The zero-order valence-corrected chi connectivity index (χ0v) is 52.0. The van der Waals surface area contributed by atoms with Crippen molar-refractivity contribution in [1.29, 1.82) is 0 Å². The van der Waals surface area contributed by atoms with Gasteiger partial charge in [-0.1, -0.05) is 84.4 Å². The molecule has 9 amide bonds. The largest absolute Gasteiger partial charge is 0.457 e.